The number of H-pyrrole nitrogens is 2. The van der Waals surface area contributed by atoms with Gasteiger partial charge in [-0.3, -0.25) is 9.89 Å². The molecular formula is C13H16N4O3. The molecule has 0 radical (unpaired) electrons. The van der Waals surface area contributed by atoms with Gasteiger partial charge in [0.2, 0.25) is 0 Å². The van der Waals surface area contributed by atoms with Gasteiger partial charge in [-0.25, -0.2) is 4.79 Å². The minimum absolute atomic E-state index is 0.290. The topological polar surface area (TPSA) is 99.9 Å². The van der Waals surface area contributed by atoms with Crippen LogP contribution in [-0.4, -0.2) is 33.7 Å². The molecule has 0 saturated carbocycles. The van der Waals surface area contributed by atoms with Crippen molar-refractivity contribution in [1.82, 2.24) is 15.2 Å². The number of nitrogens with zero attached hydrogens (tertiary/aromatic N) is 1. The summed E-state index contributed by atoms with van der Waals surface area (Å²) in [7, 11) is 0. The van der Waals surface area contributed by atoms with Crippen molar-refractivity contribution in [1.29, 1.82) is 0 Å². The highest BCUT2D eigenvalue weighted by Gasteiger charge is 2.22. The minimum atomic E-state index is -0.431. The van der Waals surface area contributed by atoms with E-state index in [2.05, 4.69) is 20.5 Å². The molecule has 7 heteroatoms. The Balaban J connectivity index is 2.27. The lowest BCUT2D eigenvalue weighted by Gasteiger charge is -2.03. The molecule has 0 saturated heterocycles. The van der Waals surface area contributed by atoms with Crippen LogP contribution in [0.25, 0.3) is 0 Å². The Bertz CT molecular complexity index is 628. The molecule has 0 aromatic carbocycles. The van der Waals surface area contributed by atoms with Crippen LogP contribution in [0.5, 0.6) is 0 Å². The predicted octanol–water partition coefficient (Wildman–Crippen LogP) is 1.78. The van der Waals surface area contributed by atoms with Crippen LogP contribution in [0.2, 0.25) is 0 Å². The molecule has 0 fully saturated rings. The van der Waals surface area contributed by atoms with Gasteiger partial charge in [0.15, 0.2) is 0 Å². The molecule has 1 amide bonds. The van der Waals surface area contributed by atoms with Crippen LogP contribution < -0.4 is 5.32 Å². The molecule has 2 aromatic rings. The Morgan fingerprint density at radius 2 is 2.15 bits per heavy atom. The van der Waals surface area contributed by atoms with Gasteiger partial charge in [0.25, 0.3) is 5.91 Å². The third-order valence-corrected chi connectivity index (χ3v) is 2.89. The zero-order chi connectivity index (χ0) is 14.7. The number of nitrogens with one attached hydrogen (secondary N) is 3. The second-order valence-corrected chi connectivity index (χ2v) is 4.27. The van der Waals surface area contributed by atoms with Crippen LogP contribution in [0, 0.1) is 13.8 Å². The van der Waals surface area contributed by atoms with E-state index < -0.39 is 5.97 Å². The number of hydrogen-bond donors (Lipinski definition) is 3. The summed E-state index contributed by atoms with van der Waals surface area (Å²) in [5.41, 5.74) is 1.91. The van der Waals surface area contributed by atoms with E-state index >= 15 is 0 Å². The monoisotopic (exact) mass is 276 g/mol. The van der Waals surface area contributed by atoms with Gasteiger partial charge < -0.3 is 15.0 Å². The number of esters is 1. The first-order valence-electron chi connectivity index (χ1n) is 6.21. The SMILES string of the molecule is CCOC(=O)c1c(C)[nH]c(C(=O)Nc2ccn[nH]2)c1C. The number of ether oxygens (including phenoxy) is 1. The zero-order valence-corrected chi connectivity index (χ0v) is 11.5. The molecule has 7 nitrogen and oxygen atoms in total. The largest absolute Gasteiger partial charge is 0.462 e. The summed E-state index contributed by atoms with van der Waals surface area (Å²) in [5, 5.41) is 9.03. The van der Waals surface area contributed by atoms with Gasteiger partial charge in [0.05, 0.1) is 18.4 Å². The summed E-state index contributed by atoms with van der Waals surface area (Å²) in [5.74, 6) is -0.288. The number of carbonyl (C=O) groups is 2. The van der Waals surface area contributed by atoms with E-state index in [0.29, 0.717) is 34.9 Å². The molecule has 2 heterocycles. The summed E-state index contributed by atoms with van der Waals surface area (Å²) in [6.45, 7) is 5.46. The zero-order valence-electron chi connectivity index (χ0n) is 11.5. The van der Waals surface area contributed by atoms with Gasteiger partial charge in [-0.05, 0) is 26.3 Å². The first-order chi connectivity index (χ1) is 9.54. The van der Waals surface area contributed by atoms with E-state index in [4.69, 9.17) is 4.74 Å². The molecule has 0 spiro atoms. The number of rotatable bonds is 4. The van der Waals surface area contributed by atoms with E-state index in [9.17, 15) is 9.59 Å². The third-order valence-electron chi connectivity index (χ3n) is 2.89. The summed E-state index contributed by atoms with van der Waals surface area (Å²) >= 11 is 0. The van der Waals surface area contributed by atoms with E-state index in [0.717, 1.165) is 0 Å². The van der Waals surface area contributed by atoms with Crippen LogP contribution in [0.3, 0.4) is 0 Å². The highest BCUT2D eigenvalue weighted by molar-refractivity contribution is 6.06. The van der Waals surface area contributed by atoms with Crippen molar-refractivity contribution in [2.24, 2.45) is 0 Å². The second-order valence-electron chi connectivity index (χ2n) is 4.27. The molecule has 106 valence electrons. The van der Waals surface area contributed by atoms with Crippen LogP contribution in [0.4, 0.5) is 5.82 Å². The average Bonchev–Trinajstić information content (AvgIpc) is 2.98. The van der Waals surface area contributed by atoms with Gasteiger partial charge in [-0.2, -0.15) is 5.10 Å². The molecular weight excluding hydrogens is 260 g/mol. The number of hydrogen-bond acceptors (Lipinski definition) is 4. The maximum absolute atomic E-state index is 12.1. The number of amides is 1. The van der Waals surface area contributed by atoms with Crippen molar-refractivity contribution < 1.29 is 14.3 Å². The minimum Gasteiger partial charge on any atom is -0.462 e. The molecule has 2 aromatic heterocycles. The van der Waals surface area contributed by atoms with Gasteiger partial charge >= 0.3 is 5.97 Å². The lowest BCUT2D eigenvalue weighted by Crippen LogP contribution is -2.14. The van der Waals surface area contributed by atoms with Crippen molar-refractivity contribution in [3.63, 3.8) is 0 Å². The normalized spacial score (nSPS) is 10.3. The van der Waals surface area contributed by atoms with Crippen LogP contribution in [0.15, 0.2) is 12.3 Å². The second kappa shape index (κ2) is 5.60. The van der Waals surface area contributed by atoms with Crippen molar-refractivity contribution in [3.05, 3.63) is 34.8 Å². The summed E-state index contributed by atoms with van der Waals surface area (Å²) in [4.78, 5) is 26.9. The molecule has 20 heavy (non-hydrogen) atoms. The number of aromatic nitrogens is 3. The lowest BCUT2D eigenvalue weighted by molar-refractivity contribution is 0.0525. The Labute approximate surface area is 115 Å². The quantitative estimate of drug-likeness (QED) is 0.741. The van der Waals surface area contributed by atoms with Crippen molar-refractivity contribution in [2.75, 3.05) is 11.9 Å². The number of carbonyl (C=O) groups excluding carboxylic acids is 2. The highest BCUT2D eigenvalue weighted by atomic mass is 16.5. The van der Waals surface area contributed by atoms with Crippen LogP contribution in [-0.2, 0) is 4.74 Å². The summed E-state index contributed by atoms with van der Waals surface area (Å²) < 4.78 is 4.98. The standard InChI is InChI=1S/C13H16N4O3/c1-4-20-13(19)10-7(2)11(15-8(10)3)12(18)16-9-5-6-14-17-9/h5-6,15H,4H2,1-3H3,(H2,14,16,17,18). The first kappa shape index (κ1) is 13.9. The van der Waals surface area contributed by atoms with Gasteiger partial charge in [-0.15, -0.1) is 0 Å². The van der Waals surface area contributed by atoms with Gasteiger partial charge in [0, 0.05) is 11.8 Å². The Morgan fingerprint density at radius 1 is 1.40 bits per heavy atom. The third kappa shape index (κ3) is 2.56. The van der Waals surface area contributed by atoms with Crippen LogP contribution in [0.1, 0.15) is 39.0 Å². The fourth-order valence-electron chi connectivity index (χ4n) is 2.00. The average molecular weight is 276 g/mol. The van der Waals surface area contributed by atoms with E-state index in [-0.39, 0.29) is 5.91 Å². The van der Waals surface area contributed by atoms with E-state index in [1.165, 1.54) is 6.20 Å². The molecule has 0 bridgehead atoms. The smallest absolute Gasteiger partial charge is 0.340 e. The molecule has 0 atom stereocenters. The van der Waals surface area contributed by atoms with E-state index in [1.807, 2.05) is 0 Å². The summed E-state index contributed by atoms with van der Waals surface area (Å²) in [6, 6.07) is 1.63. The Kier molecular flexibility index (Phi) is 3.88. The van der Waals surface area contributed by atoms with Gasteiger partial charge in [-0.1, -0.05) is 0 Å². The van der Waals surface area contributed by atoms with Crippen molar-refractivity contribution in [2.45, 2.75) is 20.8 Å². The molecule has 3 N–H and O–H groups in total. The summed E-state index contributed by atoms with van der Waals surface area (Å²) in [6.07, 6.45) is 1.53. The fraction of sp³-hybridized carbons (Fsp3) is 0.308. The van der Waals surface area contributed by atoms with E-state index in [1.54, 1.807) is 26.8 Å². The maximum atomic E-state index is 12.1. The van der Waals surface area contributed by atoms with Crippen molar-refractivity contribution >= 4 is 17.7 Å². The number of aryl methyl sites for hydroxylation is 1. The predicted molar refractivity (Wildman–Crippen MR) is 72.8 cm³/mol. The Hall–Kier alpha value is -2.57. The highest BCUT2D eigenvalue weighted by Crippen LogP contribution is 2.19. The maximum Gasteiger partial charge on any atom is 0.340 e. The molecule has 0 aliphatic carbocycles. The fourth-order valence-corrected chi connectivity index (χ4v) is 2.00. The molecule has 2 rings (SSSR count). The van der Waals surface area contributed by atoms with Crippen molar-refractivity contribution in [3.8, 4) is 0 Å². The number of aromatic amines is 2. The number of anilines is 1. The van der Waals surface area contributed by atoms with Crippen LogP contribution >= 0.6 is 0 Å². The van der Waals surface area contributed by atoms with Gasteiger partial charge in [0.1, 0.15) is 11.5 Å². The molecule has 0 unspecified atom stereocenters. The first-order valence-corrected chi connectivity index (χ1v) is 6.21. The molecule has 0 aliphatic rings. The Morgan fingerprint density at radius 3 is 2.75 bits per heavy atom. The lowest BCUT2D eigenvalue weighted by atomic mass is 10.1. The molecule has 0 aliphatic heterocycles.